The van der Waals surface area contributed by atoms with Gasteiger partial charge in [-0.25, -0.2) is 25.3 Å². The average molecular weight is 2080 g/mol. The highest BCUT2D eigenvalue weighted by Gasteiger charge is 2.24. The molecule has 0 fully saturated rings. The van der Waals surface area contributed by atoms with Crippen molar-refractivity contribution in [2.45, 2.75) is 81.2 Å². The second-order valence-electron chi connectivity index (χ2n) is 31.6. The van der Waals surface area contributed by atoms with E-state index in [0.29, 0.717) is 81.5 Å². The first-order chi connectivity index (χ1) is 68.2. The quantitative estimate of drug-likeness (QED) is 0.0485. The zero-order chi connectivity index (χ0) is 102. The molecular weight excluding hydrogens is 1980 g/mol. The fraction of sp³-hybridized carbons (Fsp3) is 0.183. The summed E-state index contributed by atoms with van der Waals surface area (Å²) < 4.78 is 117. The van der Waals surface area contributed by atoms with Crippen LogP contribution in [0.15, 0.2) is 252 Å². The third-order valence-corrected chi connectivity index (χ3v) is 26.2. The SMILES string of the molecule is CCn1c(-c2ccc(NC(C)=O)cc2)c(C#N)c2ccc(OC)cc21.CCn1c(-c2ccc(NS(C)(=O)=O)cc2)c(C#N)c2ccc(OC)cc21.CCn1c(C#Cc2ccc(NS(=O)(=O)CC)cc2)c(C#N)c2ccc(OC)cc21.CCn1c(C#Cc2ccc(NS(C)(=O)=O)cc2)c(C#N)c2ccc(OC)cc21.CCn1cc(C#N)c2ccc(Br)cc21.COc1ccc(-n2cc(C#N)c3ccc(Br)cc32)cc1. The maximum absolute atomic E-state index is 11.7. The van der Waals surface area contributed by atoms with E-state index in [1.807, 2.05) is 217 Å². The molecule has 0 saturated heterocycles. The molecule has 6 aromatic heterocycles. The van der Waals surface area contributed by atoms with Crippen LogP contribution in [-0.2, 0) is 67.6 Å². The molecule has 0 atom stereocenters. The zero-order valence-electron chi connectivity index (χ0n) is 80.1. The van der Waals surface area contributed by atoms with Crippen LogP contribution in [0.1, 0.15) is 104 Å². The standard InChI is InChI=1S/C22H21N3O3S.C21H19N3O3S.C20H19N3O2.C19H19N3O3S.C16H11BrN2O.C11H9BrN2/c1-4-25-21(20(15-23)19-12-11-18(28-3)14-22(19)25)13-8-16-6-9-17(10-7-16)24-29(26,27)5-2;1-4-24-20(19(14-22)18-11-10-17(27-2)13-21(18)24)12-7-15-5-8-16(9-6-15)23-28(3,25)26;1-4-23-19-11-16(25-3)9-10-17(19)18(12-21)20(23)14-5-7-15(8-6-14)22-13(2)24;1-4-22-18-11-15(25-2)9-10-16(18)17(12-20)19(22)13-5-7-14(8-6-13)21-26(3,23)24;1-20-14-5-3-13(4-6-14)19-10-11(9-18)15-7-2-12(17)8-16(15)19;1-2-14-7-8(6-13)10-4-3-9(12)5-11(10)14/h6-7,9-12,14,24H,4-5H2,1-3H3;5-6,8-11,13,23H,4H2,1-3H3;5-11H,4H2,1-3H3,(H,22,24);5-11,21H,4H2,1-3H3;2-8,10H,1H3;3-5,7H,2H2,1H3. The van der Waals surface area contributed by atoms with Gasteiger partial charge in [-0.15, -0.1) is 0 Å². The summed E-state index contributed by atoms with van der Waals surface area (Å²) in [6, 6.07) is 84.0. The summed E-state index contributed by atoms with van der Waals surface area (Å²) in [5, 5.41) is 65.2. The number of carbonyl (C=O) groups is 1. The van der Waals surface area contributed by atoms with Gasteiger partial charge in [0.05, 0.1) is 132 Å². The average Bonchev–Trinajstić information content (AvgIpc) is 1.60. The summed E-state index contributed by atoms with van der Waals surface area (Å²) in [6.07, 6.45) is 5.97. The second-order valence-corrected chi connectivity index (χ2v) is 38.9. The number of nitrogens with one attached hydrogen (secondary N) is 4. The third kappa shape index (κ3) is 24.4. The number of hydrogen-bond acceptors (Lipinski definition) is 18. The normalized spacial score (nSPS) is 10.7. The number of methoxy groups -OCH3 is 5. The lowest BCUT2D eigenvalue weighted by atomic mass is 10.1. The van der Waals surface area contributed by atoms with E-state index in [1.165, 1.54) is 6.92 Å². The lowest BCUT2D eigenvalue weighted by molar-refractivity contribution is -0.114. The van der Waals surface area contributed by atoms with Gasteiger partial charge in [0, 0.05) is 157 Å². The zero-order valence-corrected chi connectivity index (χ0v) is 85.7. The number of amides is 1. The van der Waals surface area contributed by atoms with Crippen molar-refractivity contribution in [2.75, 3.05) is 73.3 Å². The van der Waals surface area contributed by atoms with E-state index >= 15 is 0 Å². The van der Waals surface area contributed by atoms with Gasteiger partial charge in [-0.2, -0.15) is 31.6 Å². The number of nitriles is 6. The van der Waals surface area contributed by atoms with Gasteiger partial charge >= 0.3 is 0 Å². The number of sulfonamides is 3. The first kappa shape index (κ1) is 104. The lowest BCUT2D eigenvalue weighted by Gasteiger charge is -2.10. The van der Waals surface area contributed by atoms with Crippen molar-refractivity contribution in [3.8, 4) is 117 Å². The molecule has 11 aromatic carbocycles. The number of benzene rings is 11. The molecule has 0 aliphatic carbocycles. The molecule has 0 aliphatic heterocycles. The number of rotatable bonds is 21. The molecule has 0 saturated carbocycles. The third-order valence-electron chi connectivity index (χ3n) is 22.7. The number of carbonyl (C=O) groups excluding carboxylic acids is 1. The molecule has 718 valence electrons. The lowest BCUT2D eigenvalue weighted by Crippen LogP contribution is -2.14. The van der Waals surface area contributed by atoms with Gasteiger partial charge in [-0.05, 0) is 234 Å². The van der Waals surface area contributed by atoms with Crippen LogP contribution in [-0.4, -0.2) is 112 Å². The molecule has 33 heteroatoms. The maximum Gasteiger partial charge on any atom is 0.232 e. The van der Waals surface area contributed by atoms with Crippen molar-refractivity contribution in [3.63, 3.8) is 0 Å². The van der Waals surface area contributed by atoms with Crippen molar-refractivity contribution >= 4 is 156 Å². The molecule has 28 nitrogen and oxygen atoms in total. The summed E-state index contributed by atoms with van der Waals surface area (Å²) in [7, 11) is -1.86. The number of aromatic nitrogens is 6. The minimum Gasteiger partial charge on any atom is -0.497 e. The molecule has 4 N–H and O–H groups in total. The maximum atomic E-state index is 11.7. The summed E-state index contributed by atoms with van der Waals surface area (Å²) in [5.74, 6) is 16.0. The highest BCUT2D eigenvalue weighted by Crippen LogP contribution is 2.40. The van der Waals surface area contributed by atoms with Crippen molar-refractivity contribution in [1.82, 2.24) is 27.4 Å². The monoisotopic (exact) mass is 2080 g/mol. The molecule has 0 radical (unpaired) electrons. The molecule has 17 aromatic rings. The van der Waals surface area contributed by atoms with Gasteiger partial charge in [-0.3, -0.25) is 19.0 Å². The van der Waals surface area contributed by atoms with E-state index in [-0.39, 0.29) is 11.7 Å². The van der Waals surface area contributed by atoms with Crippen LogP contribution >= 0.6 is 31.9 Å². The van der Waals surface area contributed by atoms with Crippen LogP contribution in [0.2, 0.25) is 0 Å². The van der Waals surface area contributed by atoms with Crippen molar-refractivity contribution in [1.29, 1.82) is 31.6 Å². The molecular formula is C109H98Br2N16O12S3. The fourth-order valence-corrected chi connectivity index (χ4v) is 18.6. The first-order valence-electron chi connectivity index (χ1n) is 44.4. The van der Waals surface area contributed by atoms with E-state index in [1.54, 1.807) is 103 Å². The molecule has 0 aliphatic rings. The molecule has 17 rings (SSSR count). The molecule has 1 amide bonds. The Bertz CT molecular complexity index is 8430. The molecule has 6 heterocycles. The highest BCUT2D eigenvalue weighted by molar-refractivity contribution is 9.10. The number of nitrogens with zero attached hydrogens (tertiary/aromatic N) is 12. The summed E-state index contributed by atoms with van der Waals surface area (Å²) in [5.41, 5.74) is 18.9. The largest absolute Gasteiger partial charge is 0.497 e. The van der Waals surface area contributed by atoms with E-state index in [0.717, 1.165) is 174 Å². The first-order valence-corrected chi connectivity index (χ1v) is 51.4. The Morgan fingerprint density at radius 2 is 0.676 bits per heavy atom. The van der Waals surface area contributed by atoms with Crippen LogP contribution in [0.4, 0.5) is 22.7 Å². The van der Waals surface area contributed by atoms with Gasteiger partial charge in [0.15, 0.2) is 0 Å². The Hall–Kier alpha value is -16.6. The Morgan fingerprint density at radius 3 is 1.02 bits per heavy atom. The van der Waals surface area contributed by atoms with Crippen molar-refractivity contribution in [2.24, 2.45) is 0 Å². The molecule has 0 bridgehead atoms. The Labute approximate surface area is 841 Å². The predicted octanol–water partition coefficient (Wildman–Crippen LogP) is 22.3. The van der Waals surface area contributed by atoms with Gasteiger partial charge in [0.1, 0.15) is 76.6 Å². The Morgan fingerprint density at radius 1 is 0.345 bits per heavy atom. The molecule has 0 spiro atoms. The minimum atomic E-state index is -3.33. The predicted molar refractivity (Wildman–Crippen MR) is 568 cm³/mol. The second kappa shape index (κ2) is 46.7. The Balaban J connectivity index is 0.000000154. The van der Waals surface area contributed by atoms with Gasteiger partial charge < -0.3 is 56.4 Å². The van der Waals surface area contributed by atoms with Gasteiger partial charge in [0.25, 0.3) is 0 Å². The topological polar surface area (TPSA) is 386 Å². The fourth-order valence-electron chi connectivity index (χ4n) is 16.1. The minimum absolute atomic E-state index is 0.0118. The smallest absolute Gasteiger partial charge is 0.232 e. The summed E-state index contributed by atoms with van der Waals surface area (Å²) in [6.45, 7) is 16.8. The van der Waals surface area contributed by atoms with Gasteiger partial charge in [-0.1, -0.05) is 80.1 Å². The number of ether oxygens (including phenoxy) is 5. The van der Waals surface area contributed by atoms with Crippen LogP contribution in [0.3, 0.4) is 0 Å². The van der Waals surface area contributed by atoms with Crippen LogP contribution in [0.25, 0.3) is 93.6 Å². The van der Waals surface area contributed by atoms with E-state index in [9.17, 15) is 56.4 Å². The molecule has 0 unspecified atom stereocenters. The Kier molecular flexibility index (Phi) is 34.3. The number of halogens is 2. The van der Waals surface area contributed by atoms with Gasteiger partial charge in [0.2, 0.25) is 36.0 Å². The van der Waals surface area contributed by atoms with E-state index in [4.69, 9.17) is 28.9 Å². The van der Waals surface area contributed by atoms with E-state index in [2.05, 4.69) is 139 Å². The van der Waals surface area contributed by atoms with Crippen LogP contribution in [0.5, 0.6) is 28.7 Å². The number of hydrogen-bond donors (Lipinski definition) is 4. The number of anilines is 4. The van der Waals surface area contributed by atoms with Crippen LogP contribution < -0.4 is 43.2 Å². The highest BCUT2D eigenvalue weighted by atomic mass is 79.9. The number of fused-ring (bicyclic) bond motifs is 6. The number of aryl methyl sites for hydroxylation is 5. The van der Waals surface area contributed by atoms with Crippen LogP contribution in [0, 0.1) is 91.7 Å². The molecule has 142 heavy (non-hydrogen) atoms. The van der Waals surface area contributed by atoms with Crippen molar-refractivity contribution < 1.29 is 53.7 Å². The summed E-state index contributed by atoms with van der Waals surface area (Å²) >= 11 is 6.91. The summed E-state index contributed by atoms with van der Waals surface area (Å²) in [4.78, 5) is 11.2. The van der Waals surface area contributed by atoms with Crippen molar-refractivity contribution in [3.05, 3.63) is 308 Å². The van der Waals surface area contributed by atoms with E-state index < -0.39 is 30.1 Å².